The van der Waals surface area contributed by atoms with Crippen molar-refractivity contribution >= 4 is 17.6 Å². The van der Waals surface area contributed by atoms with Gasteiger partial charge in [-0.25, -0.2) is 4.79 Å². The molecule has 0 fully saturated rings. The van der Waals surface area contributed by atoms with Crippen molar-refractivity contribution in [3.8, 4) is 11.8 Å². The molecule has 0 saturated heterocycles. The van der Waals surface area contributed by atoms with Gasteiger partial charge in [0.2, 0.25) is 0 Å². The molecule has 2 rings (SSSR count). The van der Waals surface area contributed by atoms with E-state index in [9.17, 15) is 9.59 Å². The number of hydrogen-bond donors (Lipinski definition) is 0. The minimum atomic E-state index is -0.626. The first-order valence-corrected chi connectivity index (χ1v) is 8.60. The van der Waals surface area contributed by atoms with Crippen molar-refractivity contribution in [2.24, 2.45) is 0 Å². The fourth-order valence-corrected chi connectivity index (χ4v) is 2.59. The summed E-state index contributed by atoms with van der Waals surface area (Å²) in [5.74, 6) is -0.378. The molecule has 0 aliphatic rings. The summed E-state index contributed by atoms with van der Waals surface area (Å²) in [5.41, 5.74) is 2.50. The summed E-state index contributed by atoms with van der Waals surface area (Å²) in [7, 11) is 0. The van der Waals surface area contributed by atoms with Crippen LogP contribution in [0.5, 0.6) is 5.75 Å². The lowest BCUT2D eigenvalue weighted by atomic mass is 10.1. The van der Waals surface area contributed by atoms with Gasteiger partial charge >= 0.3 is 5.97 Å². The highest BCUT2D eigenvalue weighted by Gasteiger charge is 2.18. The van der Waals surface area contributed by atoms with Gasteiger partial charge in [0.25, 0.3) is 5.91 Å². The van der Waals surface area contributed by atoms with Gasteiger partial charge in [-0.3, -0.25) is 4.79 Å². The average molecular weight is 366 g/mol. The van der Waals surface area contributed by atoms with Gasteiger partial charge in [-0.1, -0.05) is 36.4 Å². The molecule has 0 aliphatic heterocycles. The molecule has 140 valence electrons. The highest BCUT2D eigenvalue weighted by molar-refractivity contribution is 5.95. The predicted molar refractivity (Wildman–Crippen MR) is 101 cm³/mol. The van der Waals surface area contributed by atoms with Crippen LogP contribution >= 0.6 is 0 Å². The molecule has 0 N–H and O–H groups in total. The number of carbonyl (C=O) groups excluding carboxylic acids is 2. The molecule has 0 heterocycles. The van der Waals surface area contributed by atoms with E-state index in [0.717, 1.165) is 11.1 Å². The molecule has 6 heteroatoms. The maximum Gasteiger partial charge on any atom is 0.344 e. The van der Waals surface area contributed by atoms with Crippen LogP contribution in [0.4, 0.5) is 5.69 Å². The zero-order chi connectivity index (χ0) is 19.6. The first-order chi connectivity index (χ1) is 13.0. The molecular formula is C21H22N2O4. The van der Waals surface area contributed by atoms with Crippen LogP contribution in [-0.2, 0) is 14.3 Å². The number of hydrogen-bond acceptors (Lipinski definition) is 5. The molecule has 0 unspecified atom stereocenters. The maximum atomic E-state index is 12.4. The number of para-hydroxylation sites is 2. The number of ether oxygens (including phenoxy) is 2. The largest absolute Gasteiger partial charge is 0.481 e. The van der Waals surface area contributed by atoms with Gasteiger partial charge in [0.1, 0.15) is 5.75 Å². The molecule has 1 amide bonds. The molecule has 0 saturated carbocycles. The number of amides is 1. The molecule has 27 heavy (non-hydrogen) atoms. The first kappa shape index (κ1) is 20.0. The van der Waals surface area contributed by atoms with Gasteiger partial charge in [-0.15, -0.1) is 0 Å². The van der Waals surface area contributed by atoms with Crippen LogP contribution < -0.4 is 9.64 Å². The molecule has 0 aliphatic carbocycles. The Morgan fingerprint density at radius 1 is 1.00 bits per heavy atom. The second-order valence-electron chi connectivity index (χ2n) is 5.96. The summed E-state index contributed by atoms with van der Waals surface area (Å²) in [6.07, 6.45) is 0.185. The molecular weight excluding hydrogens is 344 g/mol. The Morgan fingerprint density at radius 2 is 1.67 bits per heavy atom. The van der Waals surface area contributed by atoms with Crippen molar-refractivity contribution in [1.29, 1.82) is 5.26 Å². The molecule has 2 aromatic rings. The number of nitriles is 1. The fraction of sp³-hybridized carbons (Fsp3) is 0.286. The van der Waals surface area contributed by atoms with E-state index in [1.807, 2.05) is 44.2 Å². The fourth-order valence-electron chi connectivity index (χ4n) is 2.59. The minimum absolute atomic E-state index is 0.185. The van der Waals surface area contributed by atoms with Gasteiger partial charge in [0.15, 0.2) is 13.2 Å². The van der Waals surface area contributed by atoms with Gasteiger partial charge < -0.3 is 14.4 Å². The second kappa shape index (κ2) is 9.97. The van der Waals surface area contributed by atoms with E-state index in [2.05, 4.69) is 0 Å². The highest BCUT2D eigenvalue weighted by atomic mass is 16.6. The zero-order valence-corrected chi connectivity index (χ0v) is 15.5. The summed E-state index contributed by atoms with van der Waals surface area (Å²) >= 11 is 0. The van der Waals surface area contributed by atoms with E-state index in [1.165, 1.54) is 4.90 Å². The Bertz CT molecular complexity index is 808. The van der Waals surface area contributed by atoms with E-state index in [-0.39, 0.29) is 19.6 Å². The number of benzene rings is 2. The van der Waals surface area contributed by atoms with Crippen LogP contribution in [0.15, 0.2) is 48.5 Å². The monoisotopic (exact) mass is 366 g/mol. The lowest BCUT2D eigenvalue weighted by molar-refractivity contribution is -0.149. The van der Waals surface area contributed by atoms with E-state index in [4.69, 9.17) is 14.7 Å². The van der Waals surface area contributed by atoms with Crippen LogP contribution in [0.1, 0.15) is 17.5 Å². The predicted octanol–water partition coefficient (Wildman–Crippen LogP) is 3.17. The smallest absolute Gasteiger partial charge is 0.344 e. The summed E-state index contributed by atoms with van der Waals surface area (Å²) in [4.78, 5) is 25.8. The van der Waals surface area contributed by atoms with Gasteiger partial charge in [-0.2, -0.15) is 5.26 Å². The molecule has 0 spiro atoms. The van der Waals surface area contributed by atoms with Crippen LogP contribution in [0.25, 0.3) is 0 Å². The SMILES string of the molecule is Cc1cccc(C)c1OCC(=O)OCC(=O)N(CCC#N)c1ccccc1. The molecule has 2 aromatic carbocycles. The number of esters is 1. The Kier molecular flexibility index (Phi) is 7.38. The molecule has 0 bridgehead atoms. The van der Waals surface area contributed by atoms with Crippen molar-refractivity contribution in [2.45, 2.75) is 20.3 Å². The van der Waals surface area contributed by atoms with Gasteiger partial charge in [0.05, 0.1) is 12.5 Å². The molecule has 0 aromatic heterocycles. The first-order valence-electron chi connectivity index (χ1n) is 8.60. The third kappa shape index (κ3) is 5.86. The van der Waals surface area contributed by atoms with Gasteiger partial charge in [0, 0.05) is 12.2 Å². The van der Waals surface area contributed by atoms with Gasteiger partial charge in [-0.05, 0) is 37.1 Å². The maximum absolute atomic E-state index is 12.4. The molecule has 6 nitrogen and oxygen atoms in total. The van der Waals surface area contributed by atoms with Crippen molar-refractivity contribution < 1.29 is 19.1 Å². The van der Waals surface area contributed by atoms with Crippen molar-refractivity contribution in [1.82, 2.24) is 0 Å². The highest BCUT2D eigenvalue weighted by Crippen LogP contribution is 2.22. The number of aryl methyl sites for hydroxylation is 2. The van der Waals surface area contributed by atoms with Crippen LogP contribution in [-0.4, -0.2) is 31.6 Å². The van der Waals surface area contributed by atoms with E-state index in [1.54, 1.807) is 24.3 Å². The van der Waals surface area contributed by atoms with Crippen LogP contribution in [0.3, 0.4) is 0 Å². The second-order valence-corrected chi connectivity index (χ2v) is 5.96. The number of rotatable bonds is 8. The minimum Gasteiger partial charge on any atom is -0.481 e. The topological polar surface area (TPSA) is 79.6 Å². The normalized spacial score (nSPS) is 9.96. The van der Waals surface area contributed by atoms with E-state index < -0.39 is 18.5 Å². The van der Waals surface area contributed by atoms with E-state index >= 15 is 0 Å². The van der Waals surface area contributed by atoms with E-state index in [0.29, 0.717) is 11.4 Å². The quantitative estimate of drug-likeness (QED) is 0.671. The Labute approximate surface area is 158 Å². The Morgan fingerprint density at radius 3 is 2.30 bits per heavy atom. The lowest BCUT2D eigenvalue weighted by Gasteiger charge is -2.21. The number of anilines is 1. The number of nitrogens with zero attached hydrogens (tertiary/aromatic N) is 2. The van der Waals surface area contributed by atoms with Crippen LogP contribution in [0, 0.1) is 25.2 Å². The summed E-state index contributed by atoms with van der Waals surface area (Å²) < 4.78 is 10.6. The summed E-state index contributed by atoms with van der Waals surface area (Å²) in [5, 5.41) is 8.80. The third-order valence-electron chi connectivity index (χ3n) is 3.92. The molecule has 0 radical (unpaired) electrons. The average Bonchev–Trinajstić information content (AvgIpc) is 2.67. The van der Waals surface area contributed by atoms with Crippen LogP contribution in [0.2, 0.25) is 0 Å². The Balaban J connectivity index is 1.90. The molecule has 0 atom stereocenters. The van der Waals surface area contributed by atoms with Crippen molar-refractivity contribution in [3.63, 3.8) is 0 Å². The standard InChI is InChI=1S/C21H22N2O4/c1-16-8-6-9-17(2)21(16)27-15-20(25)26-14-19(24)23(13-7-12-22)18-10-4-3-5-11-18/h3-6,8-11H,7,13-15H2,1-2H3. The zero-order valence-electron chi connectivity index (χ0n) is 15.5. The summed E-state index contributed by atoms with van der Waals surface area (Å²) in [6.45, 7) is 3.34. The Hall–Kier alpha value is -3.33. The lowest BCUT2D eigenvalue weighted by Crippen LogP contribution is -2.36. The van der Waals surface area contributed by atoms with Crippen molar-refractivity contribution in [3.05, 3.63) is 59.7 Å². The summed E-state index contributed by atoms with van der Waals surface area (Å²) in [6, 6.07) is 16.7. The number of carbonyl (C=O) groups is 2. The van der Waals surface area contributed by atoms with Crippen molar-refractivity contribution in [2.75, 3.05) is 24.7 Å². The third-order valence-corrected chi connectivity index (χ3v) is 3.92.